The van der Waals surface area contributed by atoms with Gasteiger partial charge in [0.25, 0.3) is 5.91 Å². The molecule has 0 saturated heterocycles. The van der Waals surface area contributed by atoms with Crippen LogP contribution in [0.4, 0.5) is 5.69 Å². The highest BCUT2D eigenvalue weighted by Gasteiger charge is 2.45. The molecule has 0 aliphatic carbocycles. The highest BCUT2D eigenvalue weighted by Crippen LogP contribution is 2.50. The number of benzene rings is 2. The van der Waals surface area contributed by atoms with Gasteiger partial charge < -0.3 is 48.0 Å². The normalized spacial score (nSPS) is 18.4. The molecule has 7 heteroatoms. The number of likely N-dealkylation sites (N-methyl/N-ethyl adjacent to an activating group) is 1. The zero-order valence-corrected chi connectivity index (χ0v) is 19.6. The van der Waals surface area contributed by atoms with Crippen LogP contribution in [0.2, 0.25) is 0 Å². The van der Waals surface area contributed by atoms with Crippen molar-refractivity contribution in [1.29, 1.82) is 0 Å². The minimum Gasteiger partial charge on any atom is -1.00 e. The Hall–Kier alpha value is -2.00. The minimum atomic E-state index is -0.410. The largest absolute Gasteiger partial charge is 1.00 e. The van der Waals surface area contributed by atoms with Crippen molar-refractivity contribution in [2.75, 3.05) is 39.9 Å². The predicted octanol–water partition coefficient (Wildman–Crippen LogP) is 0.357. The quantitative estimate of drug-likeness (QED) is 0.479. The van der Waals surface area contributed by atoms with Gasteiger partial charge in [-0.1, -0.05) is 18.2 Å². The maximum Gasteiger partial charge on any atom is 0.287 e. The number of aryl methyl sites for hydroxylation is 2. The Morgan fingerprint density at radius 1 is 1.21 bits per heavy atom. The fraction of sp³-hybridized carbons (Fsp3) is 0.409. The number of hydrogen-bond acceptors (Lipinski definition) is 4. The van der Waals surface area contributed by atoms with Crippen molar-refractivity contribution in [3.05, 3.63) is 46.5 Å². The molecule has 156 valence electrons. The van der Waals surface area contributed by atoms with Gasteiger partial charge in [0.1, 0.15) is 0 Å². The highest BCUT2D eigenvalue weighted by molar-refractivity contribution is 5.97. The summed E-state index contributed by atoms with van der Waals surface area (Å²) in [4.78, 5) is 13.6. The van der Waals surface area contributed by atoms with Crippen LogP contribution in [-0.2, 0) is 11.2 Å². The van der Waals surface area contributed by atoms with E-state index in [0.29, 0.717) is 21.7 Å². The van der Waals surface area contributed by atoms with E-state index in [1.807, 2.05) is 38.1 Å². The highest BCUT2D eigenvalue weighted by atomic mass is 127. The van der Waals surface area contributed by atoms with Crippen molar-refractivity contribution < 1.29 is 47.5 Å². The Morgan fingerprint density at radius 2 is 1.90 bits per heavy atom. The number of nitrogens with one attached hydrogen (secondary N) is 1. The van der Waals surface area contributed by atoms with Crippen molar-refractivity contribution in [3.8, 4) is 17.2 Å². The lowest BCUT2D eigenvalue weighted by Crippen LogP contribution is -3.00. The average Bonchev–Trinajstić information content (AvgIpc) is 3.10. The van der Waals surface area contributed by atoms with E-state index in [2.05, 4.69) is 19.4 Å². The first kappa shape index (κ1) is 21.7. The van der Waals surface area contributed by atoms with Crippen molar-refractivity contribution >= 4 is 11.6 Å². The number of fused-ring (bicyclic) bond motifs is 2. The zero-order chi connectivity index (χ0) is 20.1. The molecular formula is C22H27IN2O4. The Labute approximate surface area is 188 Å². The van der Waals surface area contributed by atoms with Gasteiger partial charge in [0.2, 0.25) is 12.5 Å². The standard InChI is InChI=1S/C22H26N2O4.HI/c1-13-7-6-8-14(2)18(13)23-22(25)19-17-15(9-10-24(19,3)4)11-16-20(21(17)26-5)28-12-27-16;/h6-8,11,19H,9-10,12H2,1-5H3;1H. The first-order valence-corrected chi connectivity index (χ1v) is 9.52. The molecule has 0 spiro atoms. The Kier molecular flexibility index (Phi) is 6.01. The number of amides is 1. The Balaban J connectivity index is 0.00000240. The van der Waals surface area contributed by atoms with Crippen molar-refractivity contribution in [3.63, 3.8) is 0 Å². The van der Waals surface area contributed by atoms with Gasteiger partial charge in [-0.3, -0.25) is 4.79 Å². The predicted molar refractivity (Wildman–Crippen MR) is 107 cm³/mol. The van der Waals surface area contributed by atoms with Crippen LogP contribution in [0.3, 0.4) is 0 Å². The first-order chi connectivity index (χ1) is 13.3. The van der Waals surface area contributed by atoms with Crippen LogP contribution in [0.15, 0.2) is 24.3 Å². The summed E-state index contributed by atoms with van der Waals surface area (Å²) in [5.74, 6) is 1.85. The van der Waals surface area contributed by atoms with Crippen molar-refractivity contribution in [1.82, 2.24) is 0 Å². The lowest BCUT2D eigenvalue weighted by atomic mass is 9.88. The smallest absolute Gasteiger partial charge is 0.287 e. The maximum atomic E-state index is 13.6. The van der Waals surface area contributed by atoms with Gasteiger partial charge in [-0.15, -0.1) is 0 Å². The molecule has 2 heterocycles. The van der Waals surface area contributed by atoms with Crippen LogP contribution in [0, 0.1) is 13.8 Å². The number of carbonyl (C=O) groups is 1. The van der Waals surface area contributed by atoms with Gasteiger partial charge >= 0.3 is 0 Å². The van der Waals surface area contributed by atoms with E-state index in [4.69, 9.17) is 14.2 Å². The second-order valence-corrected chi connectivity index (χ2v) is 8.13. The molecule has 1 N–H and O–H groups in total. The van der Waals surface area contributed by atoms with E-state index in [-0.39, 0.29) is 36.7 Å². The third kappa shape index (κ3) is 3.66. The number of quaternary nitrogens is 1. The molecule has 4 rings (SSSR count). The number of para-hydroxylation sites is 1. The van der Waals surface area contributed by atoms with Gasteiger partial charge in [-0.25, -0.2) is 0 Å². The zero-order valence-electron chi connectivity index (χ0n) is 17.5. The molecule has 6 nitrogen and oxygen atoms in total. The number of carbonyl (C=O) groups excluding carboxylic acids is 1. The topological polar surface area (TPSA) is 56.8 Å². The summed E-state index contributed by atoms with van der Waals surface area (Å²) in [5, 5.41) is 3.18. The van der Waals surface area contributed by atoms with Crippen LogP contribution in [0.5, 0.6) is 17.2 Å². The summed E-state index contributed by atoms with van der Waals surface area (Å²) in [6.07, 6.45) is 0.850. The van der Waals surface area contributed by atoms with Crippen LogP contribution in [-0.4, -0.2) is 44.9 Å². The first-order valence-electron chi connectivity index (χ1n) is 9.52. The SMILES string of the molecule is COc1c2c(cc3c1C(C(=O)Nc1c(C)cccc1C)[N+](C)(C)CC3)OCO2.[I-]. The van der Waals surface area contributed by atoms with E-state index >= 15 is 0 Å². The number of anilines is 1. The summed E-state index contributed by atoms with van der Waals surface area (Å²) >= 11 is 0. The molecule has 0 radical (unpaired) electrons. The lowest BCUT2D eigenvalue weighted by molar-refractivity contribution is -0.913. The van der Waals surface area contributed by atoms with Crippen LogP contribution in [0.1, 0.15) is 28.3 Å². The monoisotopic (exact) mass is 510 g/mol. The van der Waals surface area contributed by atoms with E-state index in [1.165, 1.54) is 0 Å². The maximum absolute atomic E-state index is 13.6. The van der Waals surface area contributed by atoms with E-state index < -0.39 is 6.04 Å². The molecule has 1 unspecified atom stereocenters. The van der Waals surface area contributed by atoms with E-state index in [9.17, 15) is 4.79 Å². The molecule has 2 aliphatic heterocycles. The second kappa shape index (κ2) is 8.02. The molecule has 1 amide bonds. The third-order valence-corrected chi connectivity index (χ3v) is 5.86. The minimum absolute atomic E-state index is 0. The molecule has 2 aliphatic rings. The second-order valence-electron chi connectivity index (χ2n) is 8.13. The van der Waals surface area contributed by atoms with Gasteiger partial charge in [-0.2, -0.15) is 0 Å². The van der Waals surface area contributed by atoms with Crippen molar-refractivity contribution in [2.24, 2.45) is 0 Å². The van der Waals surface area contributed by atoms with Crippen LogP contribution >= 0.6 is 0 Å². The van der Waals surface area contributed by atoms with Gasteiger partial charge in [0, 0.05) is 12.1 Å². The number of methoxy groups -OCH3 is 1. The molecule has 1 atom stereocenters. The van der Waals surface area contributed by atoms with Gasteiger partial charge in [0.05, 0.1) is 33.3 Å². The summed E-state index contributed by atoms with van der Waals surface area (Å²) in [6, 6.07) is 7.61. The van der Waals surface area contributed by atoms with E-state index in [0.717, 1.165) is 40.9 Å². The molecular weight excluding hydrogens is 483 g/mol. The van der Waals surface area contributed by atoms with Crippen molar-refractivity contribution in [2.45, 2.75) is 26.3 Å². The summed E-state index contributed by atoms with van der Waals surface area (Å²) in [5.41, 5.74) is 4.95. The molecule has 2 aromatic carbocycles. The fourth-order valence-corrected chi connectivity index (χ4v) is 4.33. The molecule has 0 bridgehead atoms. The summed E-state index contributed by atoms with van der Waals surface area (Å²) in [6.45, 7) is 5.04. The van der Waals surface area contributed by atoms with Gasteiger partial charge in [0.15, 0.2) is 17.5 Å². The average molecular weight is 510 g/mol. The van der Waals surface area contributed by atoms with Crippen LogP contribution < -0.4 is 43.5 Å². The lowest BCUT2D eigenvalue weighted by Gasteiger charge is -2.42. The molecule has 0 fully saturated rings. The van der Waals surface area contributed by atoms with Crippen LogP contribution in [0.25, 0.3) is 0 Å². The molecule has 29 heavy (non-hydrogen) atoms. The molecule has 0 aromatic heterocycles. The molecule has 0 saturated carbocycles. The number of nitrogens with zero attached hydrogens (tertiary/aromatic N) is 1. The number of halogens is 1. The molecule has 2 aromatic rings. The summed E-state index contributed by atoms with van der Waals surface area (Å²) in [7, 11) is 5.79. The number of ether oxygens (including phenoxy) is 3. The fourth-order valence-electron chi connectivity index (χ4n) is 4.33. The Morgan fingerprint density at radius 3 is 2.55 bits per heavy atom. The number of hydrogen-bond donors (Lipinski definition) is 1. The third-order valence-electron chi connectivity index (χ3n) is 5.86. The van der Waals surface area contributed by atoms with Gasteiger partial charge in [-0.05, 0) is 36.6 Å². The Bertz CT molecular complexity index is 938. The van der Waals surface area contributed by atoms with E-state index in [1.54, 1.807) is 7.11 Å². The summed E-state index contributed by atoms with van der Waals surface area (Å²) < 4.78 is 17.5. The number of rotatable bonds is 3.